The highest BCUT2D eigenvalue weighted by molar-refractivity contribution is 5.98. The number of hydrogen-bond acceptors (Lipinski definition) is 6. The minimum absolute atomic E-state index is 0.323. The molecule has 0 radical (unpaired) electrons. The van der Waals surface area contributed by atoms with Crippen molar-refractivity contribution < 1.29 is 28.7 Å². The van der Waals surface area contributed by atoms with Crippen LogP contribution in [0.3, 0.4) is 0 Å². The van der Waals surface area contributed by atoms with Gasteiger partial charge < -0.3 is 20.1 Å². The maximum absolute atomic E-state index is 12.1. The topological polar surface area (TPSA) is 123 Å². The lowest BCUT2D eigenvalue weighted by atomic mass is 10.2. The Bertz CT molecular complexity index is 868. The number of carbonyl (C=O) groups is 4. The molecule has 0 aromatic heterocycles. The quantitative estimate of drug-likeness (QED) is 0.608. The van der Waals surface area contributed by atoms with E-state index >= 15 is 0 Å². The minimum Gasteiger partial charge on any atom is -0.457 e. The summed E-state index contributed by atoms with van der Waals surface area (Å²) in [5.74, 6) is -0.860. The molecule has 0 spiro atoms. The monoisotopic (exact) mass is 399 g/mol. The summed E-state index contributed by atoms with van der Waals surface area (Å²) in [6, 6.07) is 14.8. The molecule has 0 aliphatic carbocycles. The summed E-state index contributed by atoms with van der Waals surface area (Å²) in [5.41, 5.74) is 0.323. The normalized spacial score (nSPS) is 11.0. The Hall–Kier alpha value is -3.88. The molecule has 152 valence electrons. The fraction of sp³-hybridized carbons (Fsp3) is 0.200. The fourth-order valence-electron chi connectivity index (χ4n) is 2.12. The molecule has 0 saturated heterocycles. The van der Waals surface area contributed by atoms with Gasteiger partial charge >= 0.3 is 12.0 Å². The zero-order valence-corrected chi connectivity index (χ0v) is 15.9. The predicted octanol–water partition coefficient (Wildman–Crippen LogP) is 1.60. The lowest BCUT2D eigenvalue weighted by molar-refractivity contribution is -0.153. The van der Waals surface area contributed by atoms with Crippen molar-refractivity contribution in [2.75, 3.05) is 13.6 Å². The first-order chi connectivity index (χ1) is 13.9. The lowest BCUT2D eigenvalue weighted by Crippen LogP contribution is -2.44. The molecule has 0 unspecified atom stereocenters. The van der Waals surface area contributed by atoms with E-state index in [2.05, 4.69) is 10.6 Å². The Kier molecular flexibility index (Phi) is 7.72. The predicted molar refractivity (Wildman–Crippen MR) is 103 cm³/mol. The van der Waals surface area contributed by atoms with Crippen LogP contribution in [0.15, 0.2) is 54.6 Å². The van der Waals surface area contributed by atoms with Crippen LogP contribution in [0.1, 0.15) is 17.3 Å². The molecule has 2 aromatic carbocycles. The Morgan fingerprint density at radius 2 is 1.55 bits per heavy atom. The van der Waals surface area contributed by atoms with Crippen LogP contribution in [0.4, 0.5) is 4.79 Å². The molecule has 0 aliphatic rings. The van der Waals surface area contributed by atoms with Crippen molar-refractivity contribution in [3.63, 3.8) is 0 Å². The summed E-state index contributed by atoms with van der Waals surface area (Å²) in [4.78, 5) is 46.6. The number of rotatable bonds is 7. The van der Waals surface area contributed by atoms with E-state index in [1.54, 1.807) is 24.3 Å². The standard InChI is InChI=1S/C20H21N3O6/c1-13(18(25)23-20(27)21-2)28-17(24)12-22-19(26)14-8-10-16(11-9-14)29-15-6-4-3-5-7-15/h3-11,13H,12H2,1-2H3,(H,22,26)(H2,21,23,25,27)/t13-/m1/s1. The molecule has 0 heterocycles. The molecule has 0 aliphatic heterocycles. The molecule has 2 rings (SSSR count). The molecule has 0 fully saturated rings. The van der Waals surface area contributed by atoms with Gasteiger partial charge in [-0.25, -0.2) is 4.79 Å². The third-order valence-corrected chi connectivity index (χ3v) is 3.63. The SMILES string of the molecule is CNC(=O)NC(=O)[C@@H](C)OC(=O)CNC(=O)c1ccc(Oc2ccccc2)cc1. The first-order valence-electron chi connectivity index (χ1n) is 8.72. The third-order valence-electron chi connectivity index (χ3n) is 3.63. The van der Waals surface area contributed by atoms with Gasteiger partial charge in [0.2, 0.25) is 0 Å². The Morgan fingerprint density at radius 3 is 2.17 bits per heavy atom. The van der Waals surface area contributed by atoms with Crippen LogP contribution in [-0.4, -0.2) is 43.5 Å². The molecule has 29 heavy (non-hydrogen) atoms. The highest BCUT2D eigenvalue weighted by atomic mass is 16.5. The smallest absolute Gasteiger partial charge is 0.326 e. The summed E-state index contributed by atoms with van der Waals surface area (Å²) in [6.45, 7) is 0.877. The minimum atomic E-state index is -1.19. The van der Waals surface area contributed by atoms with Gasteiger partial charge in [-0.2, -0.15) is 0 Å². The van der Waals surface area contributed by atoms with E-state index < -0.39 is 36.5 Å². The summed E-state index contributed by atoms with van der Waals surface area (Å²) < 4.78 is 10.5. The molecule has 0 bridgehead atoms. The molecular formula is C20H21N3O6. The Morgan fingerprint density at radius 1 is 0.931 bits per heavy atom. The first-order valence-corrected chi connectivity index (χ1v) is 8.72. The molecule has 0 saturated carbocycles. The van der Waals surface area contributed by atoms with E-state index in [0.29, 0.717) is 17.1 Å². The van der Waals surface area contributed by atoms with Crippen LogP contribution >= 0.6 is 0 Å². The van der Waals surface area contributed by atoms with Gasteiger partial charge in [0.15, 0.2) is 6.10 Å². The van der Waals surface area contributed by atoms with E-state index in [1.165, 1.54) is 14.0 Å². The summed E-state index contributed by atoms with van der Waals surface area (Å²) in [6.07, 6.45) is -1.19. The number of amides is 4. The van der Waals surface area contributed by atoms with E-state index in [9.17, 15) is 19.2 Å². The van der Waals surface area contributed by atoms with Crippen molar-refractivity contribution >= 4 is 23.8 Å². The maximum atomic E-state index is 12.1. The van der Waals surface area contributed by atoms with E-state index in [0.717, 1.165) is 0 Å². The molecule has 4 amide bonds. The number of imide groups is 1. The number of para-hydroxylation sites is 1. The van der Waals surface area contributed by atoms with Gasteiger partial charge in [0.05, 0.1) is 0 Å². The molecule has 1 atom stereocenters. The van der Waals surface area contributed by atoms with E-state index in [1.807, 2.05) is 35.6 Å². The largest absolute Gasteiger partial charge is 0.457 e. The van der Waals surface area contributed by atoms with Crippen molar-refractivity contribution in [3.8, 4) is 11.5 Å². The average Bonchev–Trinajstić information content (AvgIpc) is 2.73. The van der Waals surface area contributed by atoms with Gasteiger partial charge in [0.1, 0.15) is 18.0 Å². The van der Waals surface area contributed by atoms with Crippen LogP contribution in [0.25, 0.3) is 0 Å². The number of hydrogen-bond donors (Lipinski definition) is 3. The van der Waals surface area contributed by atoms with Gasteiger partial charge in [-0.05, 0) is 43.3 Å². The molecule has 9 heteroatoms. The maximum Gasteiger partial charge on any atom is 0.326 e. The van der Waals surface area contributed by atoms with Crippen molar-refractivity contribution in [1.82, 2.24) is 16.0 Å². The van der Waals surface area contributed by atoms with Gasteiger partial charge in [-0.15, -0.1) is 0 Å². The van der Waals surface area contributed by atoms with E-state index in [4.69, 9.17) is 9.47 Å². The molecule has 3 N–H and O–H groups in total. The van der Waals surface area contributed by atoms with Gasteiger partial charge in [-0.1, -0.05) is 18.2 Å². The van der Waals surface area contributed by atoms with Crippen molar-refractivity contribution in [2.45, 2.75) is 13.0 Å². The number of urea groups is 1. The number of nitrogens with one attached hydrogen (secondary N) is 3. The second kappa shape index (κ2) is 10.5. The van der Waals surface area contributed by atoms with Gasteiger partial charge in [0, 0.05) is 12.6 Å². The van der Waals surface area contributed by atoms with Crippen LogP contribution in [0.2, 0.25) is 0 Å². The summed E-state index contributed by atoms with van der Waals surface area (Å²) in [5, 5.41) is 6.58. The van der Waals surface area contributed by atoms with Crippen molar-refractivity contribution in [1.29, 1.82) is 0 Å². The second-order valence-corrected chi connectivity index (χ2v) is 5.82. The summed E-state index contributed by atoms with van der Waals surface area (Å²) in [7, 11) is 1.34. The highest BCUT2D eigenvalue weighted by Gasteiger charge is 2.20. The van der Waals surface area contributed by atoms with Crippen LogP contribution < -0.4 is 20.7 Å². The second-order valence-electron chi connectivity index (χ2n) is 5.82. The molecule has 9 nitrogen and oxygen atoms in total. The average molecular weight is 399 g/mol. The van der Waals surface area contributed by atoms with Gasteiger partial charge in [0.25, 0.3) is 11.8 Å². The van der Waals surface area contributed by atoms with Crippen LogP contribution in [0, 0.1) is 0 Å². The first kappa shape index (κ1) is 21.4. The van der Waals surface area contributed by atoms with Crippen molar-refractivity contribution in [3.05, 3.63) is 60.2 Å². The summed E-state index contributed by atoms with van der Waals surface area (Å²) >= 11 is 0. The zero-order valence-electron chi connectivity index (χ0n) is 15.9. The number of ether oxygens (including phenoxy) is 2. The van der Waals surface area contributed by atoms with Crippen LogP contribution in [-0.2, 0) is 14.3 Å². The van der Waals surface area contributed by atoms with Gasteiger partial charge in [-0.3, -0.25) is 19.7 Å². The Balaban J connectivity index is 1.80. The molecular weight excluding hydrogens is 378 g/mol. The van der Waals surface area contributed by atoms with Crippen molar-refractivity contribution in [2.24, 2.45) is 0 Å². The number of esters is 1. The highest BCUT2D eigenvalue weighted by Crippen LogP contribution is 2.21. The number of carbonyl (C=O) groups excluding carboxylic acids is 4. The molecule has 2 aromatic rings. The fourth-order valence-corrected chi connectivity index (χ4v) is 2.12. The third kappa shape index (κ3) is 6.98. The number of benzene rings is 2. The van der Waals surface area contributed by atoms with E-state index in [-0.39, 0.29) is 0 Å². The lowest BCUT2D eigenvalue weighted by Gasteiger charge is -2.13. The zero-order chi connectivity index (χ0) is 21.2. The Labute approximate surface area is 167 Å². The van der Waals surface area contributed by atoms with Crippen LogP contribution in [0.5, 0.6) is 11.5 Å².